The molecular weight excluding hydrogens is 208 g/mol. The van der Waals surface area contributed by atoms with Gasteiger partial charge in [0.2, 0.25) is 0 Å². The van der Waals surface area contributed by atoms with Crippen LogP contribution >= 0.6 is 0 Å². The van der Waals surface area contributed by atoms with Crippen LogP contribution in [0.1, 0.15) is 24.3 Å². The van der Waals surface area contributed by atoms with Gasteiger partial charge in [0.15, 0.2) is 0 Å². The number of hydrogen-bond acceptors (Lipinski definition) is 2. The molecule has 0 saturated carbocycles. The number of anilines is 1. The van der Waals surface area contributed by atoms with E-state index in [1.165, 1.54) is 37.2 Å². The lowest BCUT2D eigenvalue weighted by Crippen LogP contribution is -2.33. The maximum absolute atomic E-state index is 3.50. The summed E-state index contributed by atoms with van der Waals surface area (Å²) in [6.45, 7) is 4.68. The maximum atomic E-state index is 3.50. The molecule has 0 amide bonds. The van der Waals surface area contributed by atoms with Crippen LogP contribution in [0.5, 0.6) is 0 Å². The van der Waals surface area contributed by atoms with E-state index in [2.05, 4.69) is 46.6 Å². The molecule has 1 aromatic rings. The molecule has 0 aliphatic carbocycles. The van der Waals surface area contributed by atoms with Crippen molar-refractivity contribution >= 4 is 5.69 Å². The molecular formula is C15H20N2. The summed E-state index contributed by atoms with van der Waals surface area (Å²) in [7, 11) is 0. The van der Waals surface area contributed by atoms with Crippen molar-refractivity contribution in [3.8, 4) is 0 Å². The van der Waals surface area contributed by atoms with Crippen LogP contribution < -0.4 is 5.32 Å². The average molecular weight is 228 g/mol. The highest BCUT2D eigenvalue weighted by molar-refractivity contribution is 5.54. The third kappa shape index (κ3) is 2.37. The Morgan fingerprint density at radius 3 is 3.06 bits per heavy atom. The zero-order chi connectivity index (χ0) is 11.5. The van der Waals surface area contributed by atoms with Gasteiger partial charge in [-0.2, -0.15) is 0 Å². The molecule has 1 unspecified atom stereocenters. The van der Waals surface area contributed by atoms with Crippen molar-refractivity contribution in [3.05, 3.63) is 42.0 Å². The number of fused-ring (bicyclic) bond motifs is 1. The quantitative estimate of drug-likeness (QED) is 0.783. The van der Waals surface area contributed by atoms with Crippen molar-refractivity contribution in [3.63, 3.8) is 0 Å². The van der Waals surface area contributed by atoms with E-state index in [9.17, 15) is 0 Å². The summed E-state index contributed by atoms with van der Waals surface area (Å²) in [5, 5.41) is 3.50. The van der Waals surface area contributed by atoms with Gasteiger partial charge in [-0.1, -0.05) is 30.4 Å². The number of para-hydroxylation sites is 1. The smallest absolute Gasteiger partial charge is 0.0376 e. The molecule has 0 radical (unpaired) electrons. The van der Waals surface area contributed by atoms with Crippen LogP contribution in [0.3, 0.4) is 0 Å². The lowest BCUT2D eigenvalue weighted by Gasteiger charge is -2.32. The van der Waals surface area contributed by atoms with E-state index in [0.717, 1.165) is 13.1 Å². The van der Waals surface area contributed by atoms with E-state index in [0.29, 0.717) is 5.92 Å². The van der Waals surface area contributed by atoms with Crippen molar-refractivity contribution in [1.82, 2.24) is 4.90 Å². The first-order valence-corrected chi connectivity index (χ1v) is 6.63. The normalized spacial score (nSPS) is 24.1. The SMILES string of the molecule is C1=CCN(CC2CCNc3ccccc32)CC1. The van der Waals surface area contributed by atoms with Crippen LogP contribution in [-0.2, 0) is 0 Å². The number of rotatable bonds is 2. The zero-order valence-corrected chi connectivity index (χ0v) is 10.2. The van der Waals surface area contributed by atoms with Crippen LogP contribution in [0.15, 0.2) is 36.4 Å². The lowest BCUT2D eigenvalue weighted by molar-refractivity contribution is 0.274. The first kappa shape index (κ1) is 10.8. The highest BCUT2D eigenvalue weighted by Gasteiger charge is 2.21. The third-order valence-electron chi connectivity index (χ3n) is 3.83. The summed E-state index contributed by atoms with van der Waals surface area (Å²) >= 11 is 0. The van der Waals surface area contributed by atoms with Crippen molar-refractivity contribution in [1.29, 1.82) is 0 Å². The average Bonchev–Trinajstić information content (AvgIpc) is 2.40. The number of nitrogens with zero attached hydrogens (tertiary/aromatic N) is 1. The van der Waals surface area contributed by atoms with Crippen LogP contribution in [0.25, 0.3) is 0 Å². The van der Waals surface area contributed by atoms with Crippen molar-refractivity contribution in [2.24, 2.45) is 0 Å². The third-order valence-corrected chi connectivity index (χ3v) is 3.83. The second-order valence-electron chi connectivity index (χ2n) is 5.02. The first-order valence-electron chi connectivity index (χ1n) is 6.63. The predicted molar refractivity (Wildman–Crippen MR) is 72.5 cm³/mol. The van der Waals surface area contributed by atoms with Crippen LogP contribution in [0.4, 0.5) is 5.69 Å². The molecule has 0 bridgehead atoms. The van der Waals surface area contributed by atoms with Crippen LogP contribution in [-0.4, -0.2) is 31.1 Å². The highest BCUT2D eigenvalue weighted by Crippen LogP contribution is 2.32. The van der Waals surface area contributed by atoms with E-state index in [-0.39, 0.29) is 0 Å². The molecule has 3 rings (SSSR count). The molecule has 2 aliphatic heterocycles. The topological polar surface area (TPSA) is 15.3 Å². The van der Waals surface area contributed by atoms with Gasteiger partial charge < -0.3 is 5.32 Å². The second kappa shape index (κ2) is 4.92. The molecule has 17 heavy (non-hydrogen) atoms. The minimum atomic E-state index is 0.707. The molecule has 2 nitrogen and oxygen atoms in total. The molecule has 2 heteroatoms. The van der Waals surface area contributed by atoms with Crippen LogP contribution in [0.2, 0.25) is 0 Å². The maximum Gasteiger partial charge on any atom is 0.0376 e. The fourth-order valence-corrected chi connectivity index (χ4v) is 2.91. The minimum absolute atomic E-state index is 0.707. The minimum Gasteiger partial charge on any atom is -0.385 e. The zero-order valence-electron chi connectivity index (χ0n) is 10.2. The summed E-state index contributed by atoms with van der Waals surface area (Å²) < 4.78 is 0. The summed E-state index contributed by atoms with van der Waals surface area (Å²) in [6, 6.07) is 8.77. The molecule has 0 aromatic heterocycles. The molecule has 1 aromatic carbocycles. The van der Waals surface area contributed by atoms with E-state index in [4.69, 9.17) is 0 Å². The van der Waals surface area contributed by atoms with Gasteiger partial charge in [0.1, 0.15) is 0 Å². The standard InChI is InChI=1S/C15H20N2/c1-4-10-17(11-5-1)12-13-8-9-16-15-7-3-2-6-14(13)15/h1-4,6-7,13,16H,5,8-12H2. The van der Waals surface area contributed by atoms with Gasteiger partial charge in [0, 0.05) is 37.8 Å². The lowest BCUT2D eigenvalue weighted by atomic mass is 9.90. The van der Waals surface area contributed by atoms with Gasteiger partial charge >= 0.3 is 0 Å². The van der Waals surface area contributed by atoms with Crippen LogP contribution in [0, 0.1) is 0 Å². The fraction of sp³-hybridized carbons (Fsp3) is 0.467. The van der Waals surface area contributed by atoms with Gasteiger partial charge in [-0.3, -0.25) is 4.90 Å². The Kier molecular flexibility index (Phi) is 3.14. The number of benzene rings is 1. The molecule has 1 N–H and O–H groups in total. The second-order valence-corrected chi connectivity index (χ2v) is 5.02. The molecule has 0 saturated heterocycles. The Morgan fingerprint density at radius 2 is 2.18 bits per heavy atom. The summed E-state index contributed by atoms with van der Waals surface area (Å²) in [6.07, 6.45) is 7.08. The fourth-order valence-electron chi connectivity index (χ4n) is 2.91. The van der Waals surface area contributed by atoms with Gasteiger partial charge in [-0.05, 0) is 24.5 Å². The van der Waals surface area contributed by atoms with E-state index >= 15 is 0 Å². The van der Waals surface area contributed by atoms with Crippen molar-refractivity contribution < 1.29 is 0 Å². The Morgan fingerprint density at radius 1 is 1.24 bits per heavy atom. The first-order chi connectivity index (χ1) is 8.43. The molecule has 2 heterocycles. The van der Waals surface area contributed by atoms with Gasteiger partial charge in [0.25, 0.3) is 0 Å². The molecule has 0 fully saturated rings. The largest absolute Gasteiger partial charge is 0.385 e. The molecule has 90 valence electrons. The summed E-state index contributed by atoms with van der Waals surface area (Å²) in [4.78, 5) is 2.58. The predicted octanol–water partition coefficient (Wildman–Crippen LogP) is 2.85. The number of hydrogen-bond donors (Lipinski definition) is 1. The van der Waals surface area contributed by atoms with Gasteiger partial charge in [-0.15, -0.1) is 0 Å². The van der Waals surface area contributed by atoms with Crippen molar-refractivity contribution in [2.45, 2.75) is 18.8 Å². The Bertz CT molecular complexity index is 411. The molecule has 0 spiro atoms. The van der Waals surface area contributed by atoms with E-state index in [1.807, 2.05) is 0 Å². The van der Waals surface area contributed by atoms with E-state index < -0.39 is 0 Å². The Hall–Kier alpha value is -1.28. The Labute approximate surface area is 103 Å². The molecule has 2 aliphatic rings. The summed E-state index contributed by atoms with van der Waals surface area (Å²) in [5.41, 5.74) is 2.85. The van der Waals surface area contributed by atoms with Crippen molar-refractivity contribution in [2.75, 3.05) is 31.5 Å². The van der Waals surface area contributed by atoms with E-state index in [1.54, 1.807) is 0 Å². The molecule has 1 atom stereocenters. The highest BCUT2D eigenvalue weighted by atomic mass is 15.1. The summed E-state index contributed by atoms with van der Waals surface area (Å²) in [5.74, 6) is 0.707. The monoisotopic (exact) mass is 228 g/mol. The van der Waals surface area contributed by atoms with Gasteiger partial charge in [-0.25, -0.2) is 0 Å². The Balaban J connectivity index is 1.74. The van der Waals surface area contributed by atoms with Gasteiger partial charge in [0.05, 0.1) is 0 Å². The number of nitrogens with one attached hydrogen (secondary N) is 1.